The molecular formula is C15H15ClN4O3S. The quantitative estimate of drug-likeness (QED) is 0.766. The summed E-state index contributed by atoms with van der Waals surface area (Å²) in [5, 5.41) is 4.26. The third-order valence-electron chi connectivity index (χ3n) is 3.51. The van der Waals surface area contributed by atoms with Gasteiger partial charge in [-0.15, -0.1) is 5.10 Å². The molecule has 0 saturated carbocycles. The van der Waals surface area contributed by atoms with Crippen LogP contribution in [0.3, 0.4) is 0 Å². The van der Waals surface area contributed by atoms with Gasteiger partial charge in [-0.1, -0.05) is 37.6 Å². The van der Waals surface area contributed by atoms with Gasteiger partial charge in [-0.25, -0.2) is 17.9 Å². The summed E-state index contributed by atoms with van der Waals surface area (Å²) in [6, 6.07) is 6.98. The predicted octanol–water partition coefficient (Wildman–Crippen LogP) is 2.26. The Morgan fingerprint density at radius 2 is 1.83 bits per heavy atom. The number of sulfone groups is 1. The molecule has 0 saturated heterocycles. The molecule has 0 radical (unpaired) electrons. The number of nitrogens with one attached hydrogen (secondary N) is 1. The summed E-state index contributed by atoms with van der Waals surface area (Å²) in [6.07, 6.45) is 0.985. The van der Waals surface area contributed by atoms with Crippen LogP contribution in [0.1, 0.15) is 25.5 Å². The lowest BCUT2D eigenvalue weighted by Gasteiger charge is -2.07. The molecular weight excluding hydrogens is 352 g/mol. The van der Waals surface area contributed by atoms with Crippen molar-refractivity contribution in [3.8, 4) is 11.3 Å². The molecule has 0 spiro atoms. The summed E-state index contributed by atoms with van der Waals surface area (Å²) in [7, 11) is -3.67. The van der Waals surface area contributed by atoms with Gasteiger partial charge in [0.25, 0.3) is 5.56 Å². The van der Waals surface area contributed by atoms with Crippen molar-refractivity contribution in [1.82, 2.24) is 19.6 Å². The Morgan fingerprint density at radius 1 is 1.21 bits per heavy atom. The molecule has 9 heteroatoms. The zero-order chi connectivity index (χ0) is 17.6. The van der Waals surface area contributed by atoms with Crippen LogP contribution >= 0.6 is 11.6 Å². The number of aromatic nitrogens is 4. The molecule has 3 rings (SSSR count). The molecule has 0 amide bonds. The predicted molar refractivity (Wildman–Crippen MR) is 91.3 cm³/mol. The molecule has 0 bridgehead atoms. The summed E-state index contributed by atoms with van der Waals surface area (Å²) in [5.41, 5.74) is 1.42. The van der Waals surface area contributed by atoms with Gasteiger partial charge in [0.2, 0.25) is 20.6 Å². The molecule has 2 heterocycles. The highest BCUT2D eigenvalue weighted by Crippen LogP contribution is 2.29. The summed E-state index contributed by atoms with van der Waals surface area (Å²) in [6.45, 7) is 3.87. The molecule has 7 nitrogen and oxygen atoms in total. The molecule has 24 heavy (non-hydrogen) atoms. The number of rotatable bonds is 3. The van der Waals surface area contributed by atoms with Crippen molar-refractivity contribution in [3.05, 3.63) is 45.3 Å². The topological polar surface area (TPSA) is 97.2 Å². The van der Waals surface area contributed by atoms with Crippen molar-refractivity contribution in [1.29, 1.82) is 0 Å². The first-order valence-electron chi connectivity index (χ1n) is 7.17. The van der Waals surface area contributed by atoms with E-state index in [1.165, 1.54) is 4.52 Å². The van der Waals surface area contributed by atoms with E-state index in [1.807, 2.05) is 13.8 Å². The van der Waals surface area contributed by atoms with Crippen LogP contribution in [0.2, 0.25) is 5.02 Å². The number of nitrogens with zero attached hydrogens (tertiary/aromatic N) is 3. The largest absolute Gasteiger partial charge is 0.295 e. The maximum atomic E-state index is 12.3. The Labute approximate surface area is 143 Å². The van der Waals surface area contributed by atoms with Gasteiger partial charge in [-0.05, 0) is 18.1 Å². The molecule has 0 aliphatic rings. The monoisotopic (exact) mass is 366 g/mol. The number of fused-ring (bicyclic) bond motifs is 1. The number of imidazole rings is 1. The first kappa shape index (κ1) is 16.7. The molecule has 0 unspecified atom stereocenters. The second-order valence-electron chi connectivity index (χ2n) is 5.77. The lowest BCUT2D eigenvalue weighted by atomic mass is 10.0. The number of hydrogen-bond acceptors (Lipinski definition) is 5. The third kappa shape index (κ3) is 2.83. The summed E-state index contributed by atoms with van der Waals surface area (Å²) in [4.78, 5) is 18.9. The number of benzene rings is 1. The maximum Gasteiger partial charge on any atom is 0.295 e. The van der Waals surface area contributed by atoms with Crippen molar-refractivity contribution in [2.24, 2.45) is 0 Å². The molecule has 0 atom stereocenters. The minimum Gasteiger partial charge on any atom is -0.293 e. The molecule has 0 aliphatic heterocycles. The Morgan fingerprint density at radius 3 is 2.38 bits per heavy atom. The fourth-order valence-electron chi connectivity index (χ4n) is 2.39. The lowest BCUT2D eigenvalue weighted by molar-refractivity contribution is 0.586. The smallest absolute Gasteiger partial charge is 0.293 e. The molecule has 1 N–H and O–H groups in total. The number of H-pyrrole nitrogens is 1. The average Bonchev–Trinajstić information content (AvgIpc) is 2.87. The van der Waals surface area contributed by atoms with E-state index in [-0.39, 0.29) is 11.6 Å². The van der Waals surface area contributed by atoms with E-state index in [2.05, 4.69) is 15.1 Å². The van der Waals surface area contributed by atoms with Gasteiger partial charge in [0.15, 0.2) is 0 Å². The Bertz CT molecular complexity index is 1080. The van der Waals surface area contributed by atoms with Gasteiger partial charge in [-0.3, -0.25) is 9.78 Å². The highest BCUT2D eigenvalue weighted by molar-refractivity contribution is 7.90. The van der Waals surface area contributed by atoms with E-state index in [1.54, 1.807) is 24.3 Å². The minimum absolute atomic E-state index is 0.0125. The van der Waals surface area contributed by atoms with Gasteiger partial charge in [0, 0.05) is 16.8 Å². The van der Waals surface area contributed by atoms with Gasteiger partial charge in [-0.2, -0.15) is 0 Å². The summed E-state index contributed by atoms with van der Waals surface area (Å²) >= 11 is 5.93. The van der Waals surface area contributed by atoms with E-state index in [0.717, 1.165) is 11.8 Å². The van der Waals surface area contributed by atoms with E-state index < -0.39 is 20.6 Å². The maximum absolute atomic E-state index is 12.3. The van der Waals surface area contributed by atoms with Gasteiger partial charge in [0.05, 0.1) is 11.4 Å². The minimum atomic E-state index is -3.67. The van der Waals surface area contributed by atoms with E-state index >= 15 is 0 Å². The first-order valence-corrected chi connectivity index (χ1v) is 9.44. The van der Waals surface area contributed by atoms with Crippen molar-refractivity contribution < 1.29 is 8.42 Å². The van der Waals surface area contributed by atoms with E-state index in [9.17, 15) is 13.2 Å². The molecule has 126 valence electrons. The average molecular weight is 367 g/mol. The zero-order valence-corrected chi connectivity index (χ0v) is 14.8. The van der Waals surface area contributed by atoms with Crippen LogP contribution in [0.4, 0.5) is 0 Å². The van der Waals surface area contributed by atoms with Crippen molar-refractivity contribution in [3.63, 3.8) is 0 Å². The molecule has 0 aliphatic carbocycles. The fourth-order valence-corrected chi connectivity index (χ4v) is 3.02. The second kappa shape index (κ2) is 5.71. The van der Waals surface area contributed by atoms with Crippen LogP contribution in [0.5, 0.6) is 0 Å². The Hall–Kier alpha value is -2.19. The molecule has 3 aromatic rings. The number of hydrogen-bond donors (Lipinski definition) is 1. The highest BCUT2D eigenvalue weighted by Gasteiger charge is 2.22. The molecule has 0 fully saturated rings. The van der Waals surface area contributed by atoms with Crippen LogP contribution in [0, 0.1) is 0 Å². The Kier molecular flexibility index (Phi) is 3.97. The van der Waals surface area contributed by atoms with Crippen LogP contribution in [0.15, 0.2) is 34.2 Å². The highest BCUT2D eigenvalue weighted by atomic mass is 35.5. The van der Waals surface area contributed by atoms with Gasteiger partial charge in [0.1, 0.15) is 0 Å². The summed E-state index contributed by atoms with van der Waals surface area (Å²) < 4.78 is 24.8. The zero-order valence-electron chi connectivity index (χ0n) is 13.2. The standard InChI is InChI=1S/C15H15ClN4O3S/c1-8(2)11-12(9-4-6-10(16)7-5-9)20-13(17-11)14(21)18-15(19-20)24(3,22)23/h4-8H,1-3H3,(H,18,19,21). The van der Waals surface area contributed by atoms with Crippen molar-refractivity contribution in [2.45, 2.75) is 24.9 Å². The number of aromatic amines is 1. The Balaban J connectivity index is 2.44. The molecule has 2 aromatic heterocycles. The fraction of sp³-hybridized carbons (Fsp3) is 0.267. The van der Waals surface area contributed by atoms with Crippen LogP contribution in [0.25, 0.3) is 16.9 Å². The number of halogens is 1. The summed E-state index contributed by atoms with van der Waals surface area (Å²) in [5.74, 6) is 0.0125. The normalized spacial score (nSPS) is 12.2. The second-order valence-corrected chi connectivity index (χ2v) is 8.14. The van der Waals surface area contributed by atoms with E-state index in [4.69, 9.17) is 11.6 Å². The van der Waals surface area contributed by atoms with Gasteiger partial charge >= 0.3 is 0 Å². The van der Waals surface area contributed by atoms with E-state index in [0.29, 0.717) is 16.4 Å². The van der Waals surface area contributed by atoms with Crippen LogP contribution in [-0.4, -0.2) is 34.3 Å². The van der Waals surface area contributed by atoms with Crippen LogP contribution < -0.4 is 5.56 Å². The third-order valence-corrected chi connectivity index (χ3v) is 4.65. The van der Waals surface area contributed by atoms with Crippen molar-refractivity contribution in [2.75, 3.05) is 6.26 Å². The van der Waals surface area contributed by atoms with Crippen LogP contribution in [-0.2, 0) is 9.84 Å². The SMILES string of the molecule is CC(C)c1nc2c(=O)[nH]c(S(C)(=O)=O)nn2c1-c1ccc(Cl)cc1. The molecule has 1 aromatic carbocycles. The van der Waals surface area contributed by atoms with Crippen molar-refractivity contribution >= 4 is 27.1 Å². The lowest BCUT2D eigenvalue weighted by Crippen LogP contribution is -2.19. The van der Waals surface area contributed by atoms with Gasteiger partial charge < -0.3 is 0 Å². The first-order chi connectivity index (χ1) is 11.2.